The van der Waals surface area contributed by atoms with E-state index >= 15 is 0 Å². The summed E-state index contributed by atoms with van der Waals surface area (Å²) >= 11 is 0. The molecule has 1 unspecified atom stereocenters. The van der Waals surface area contributed by atoms with E-state index in [0.717, 1.165) is 52.3 Å². The Morgan fingerprint density at radius 3 is 2.65 bits per heavy atom. The Bertz CT molecular complexity index is 380. The summed E-state index contributed by atoms with van der Waals surface area (Å²) in [6, 6.07) is 0. The number of nitrogens with zero attached hydrogens (tertiary/aromatic N) is 2. The van der Waals surface area contributed by atoms with E-state index in [9.17, 15) is 9.59 Å². The van der Waals surface area contributed by atoms with Crippen molar-refractivity contribution in [3.8, 4) is 0 Å². The lowest BCUT2D eigenvalue weighted by molar-refractivity contribution is -0.130. The van der Waals surface area contributed by atoms with Gasteiger partial charge in [0, 0.05) is 59.2 Å². The number of hydrogen-bond acceptors (Lipinski definition) is 5. The maximum atomic E-state index is 11.9. The average molecular weight is 327 g/mol. The second-order valence-corrected chi connectivity index (χ2v) is 6.15. The Hall–Kier alpha value is -1.18. The van der Waals surface area contributed by atoms with E-state index < -0.39 is 0 Å². The summed E-state index contributed by atoms with van der Waals surface area (Å²) in [5.41, 5.74) is 0. The zero-order valence-electron chi connectivity index (χ0n) is 14.1. The third-order valence-corrected chi connectivity index (χ3v) is 4.39. The van der Waals surface area contributed by atoms with Gasteiger partial charge in [0.25, 0.3) is 0 Å². The topological polar surface area (TPSA) is 71.1 Å². The number of morpholine rings is 1. The average Bonchev–Trinajstić information content (AvgIpc) is 3.07. The molecule has 2 aliphatic heterocycles. The molecule has 2 amide bonds. The zero-order valence-corrected chi connectivity index (χ0v) is 14.1. The van der Waals surface area contributed by atoms with E-state index in [1.165, 1.54) is 0 Å². The standard InChI is InChI=1S/C16H29N3O4/c1-14(20)19(7-6-18-8-11-22-12-9-18)5-4-16(21)17-13-15-3-2-10-23-15/h15H,2-13H2,1H3,(H,17,21). The number of ether oxygens (including phenoxy) is 2. The number of rotatable bonds is 8. The maximum absolute atomic E-state index is 11.9. The second-order valence-electron chi connectivity index (χ2n) is 6.15. The van der Waals surface area contributed by atoms with Crippen molar-refractivity contribution < 1.29 is 19.1 Å². The van der Waals surface area contributed by atoms with Gasteiger partial charge in [0.2, 0.25) is 11.8 Å². The van der Waals surface area contributed by atoms with Gasteiger partial charge in [-0.3, -0.25) is 14.5 Å². The van der Waals surface area contributed by atoms with Gasteiger partial charge in [0.05, 0.1) is 19.3 Å². The first kappa shape index (κ1) is 18.2. The molecular formula is C16H29N3O4. The van der Waals surface area contributed by atoms with Gasteiger partial charge in [-0.2, -0.15) is 0 Å². The quantitative estimate of drug-likeness (QED) is 0.671. The van der Waals surface area contributed by atoms with E-state index in [-0.39, 0.29) is 17.9 Å². The van der Waals surface area contributed by atoms with Crippen molar-refractivity contribution in [1.82, 2.24) is 15.1 Å². The molecule has 0 bridgehead atoms. The summed E-state index contributed by atoms with van der Waals surface area (Å²) < 4.78 is 10.8. The predicted molar refractivity (Wildman–Crippen MR) is 86.1 cm³/mol. The highest BCUT2D eigenvalue weighted by Gasteiger charge is 2.18. The lowest BCUT2D eigenvalue weighted by atomic mass is 10.2. The zero-order chi connectivity index (χ0) is 16.5. The van der Waals surface area contributed by atoms with Crippen molar-refractivity contribution in [2.75, 3.05) is 59.1 Å². The van der Waals surface area contributed by atoms with Crippen molar-refractivity contribution in [1.29, 1.82) is 0 Å². The minimum atomic E-state index is -0.0156. The van der Waals surface area contributed by atoms with Crippen LogP contribution in [0, 0.1) is 0 Å². The Morgan fingerprint density at radius 2 is 2.00 bits per heavy atom. The normalized spacial score (nSPS) is 22.0. The molecule has 1 N–H and O–H groups in total. The van der Waals surface area contributed by atoms with E-state index in [2.05, 4.69) is 10.2 Å². The third-order valence-electron chi connectivity index (χ3n) is 4.39. The third kappa shape index (κ3) is 6.85. The molecule has 0 aromatic heterocycles. The maximum Gasteiger partial charge on any atom is 0.221 e. The first-order valence-electron chi connectivity index (χ1n) is 8.59. The molecule has 2 heterocycles. The van der Waals surface area contributed by atoms with E-state index in [4.69, 9.17) is 9.47 Å². The van der Waals surface area contributed by atoms with Crippen LogP contribution in [0.5, 0.6) is 0 Å². The molecule has 2 rings (SSSR count). The molecule has 0 spiro atoms. The summed E-state index contributed by atoms with van der Waals surface area (Å²) in [4.78, 5) is 27.7. The predicted octanol–water partition coefficient (Wildman–Crippen LogP) is -0.148. The van der Waals surface area contributed by atoms with Gasteiger partial charge in [0.15, 0.2) is 0 Å². The number of hydrogen-bond donors (Lipinski definition) is 1. The minimum Gasteiger partial charge on any atom is -0.379 e. The first-order valence-corrected chi connectivity index (χ1v) is 8.59. The highest BCUT2D eigenvalue weighted by Crippen LogP contribution is 2.10. The molecule has 2 fully saturated rings. The molecule has 23 heavy (non-hydrogen) atoms. The smallest absolute Gasteiger partial charge is 0.221 e. The van der Waals surface area contributed by atoms with Crippen LogP contribution >= 0.6 is 0 Å². The minimum absolute atomic E-state index is 0.0156. The summed E-state index contributed by atoms with van der Waals surface area (Å²) in [5, 5.41) is 2.90. The van der Waals surface area contributed by atoms with Crippen LogP contribution in [0.2, 0.25) is 0 Å². The van der Waals surface area contributed by atoms with Gasteiger partial charge in [0.1, 0.15) is 0 Å². The highest BCUT2D eigenvalue weighted by molar-refractivity contribution is 5.78. The van der Waals surface area contributed by atoms with Gasteiger partial charge >= 0.3 is 0 Å². The summed E-state index contributed by atoms with van der Waals surface area (Å²) in [5.74, 6) is 0.00306. The van der Waals surface area contributed by atoms with Gasteiger partial charge in [-0.15, -0.1) is 0 Å². The molecule has 0 aliphatic carbocycles. The Kier molecular flexibility index (Phi) is 7.78. The van der Waals surface area contributed by atoms with Crippen LogP contribution in [0.1, 0.15) is 26.2 Å². The largest absolute Gasteiger partial charge is 0.379 e. The fourth-order valence-corrected chi connectivity index (χ4v) is 2.87. The number of nitrogens with one attached hydrogen (secondary N) is 1. The van der Waals surface area contributed by atoms with Gasteiger partial charge in [-0.05, 0) is 12.8 Å². The fourth-order valence-electron chi connectivity index (χ4n) is 2.87. The summed E-state index contributed by atoms with van der Waals surface area (Å²) in [7, 11) is 0. The lowest BCUT2D eigenvalue weighted by Gasteiger charge is -2.29. The van der Waals surface area contributed by atoms with Crippen LogP contribution < -0.4 is 5.32 Å². The molecular weight excluding hydrogens is 298 g/mol. The molecule has 1 atom stereocenters. The first-order chi connectivity index (χ1) is 11.1. The van der Waals surface area contributed by atoms with Crippen LogP contribution in [0.25, 0.3) is 0 Å². The monoisotopic (exact) mass is 327 g/mol. The van der Waals surface area contributed by atoms with Crippen molar-refractivity contribution in [3.05, 3.63) is 0 Å². The Morgan fingerprint density at radius 1 is 1.22 bits per heavy atom. The molecule has 0 radical (unpaired) electrons. The number of carbonyl (C=O) groups excluding carboxylic acids is 2. The van der Waals surface area contributed by atoms with Gasteiger partial charge < -0.3 is 19.7 Å². The molecule has 2 saturated heterocycles. The van der Waals surface area contributed by atoms with Gasteiger partial charge in [-0.1, -0.05) is 0 Å². The van der Waals surface area contributed by atoms with Crippen LogP contribution in [0.4, 0.5) is 0 Å². The van der Waals surface area contributed by atoms with Crippen LogP contribution in [-0.2, 0) is 19.1 Å². The van der Waals surface area contributed by atoms with E-state index in [1.54, 1.807) is 11.8 Å². The van der Waals surface area contributed by atoms with Crippen molar-refractivity contribution in [2.24, 2.45) is 0 Å². The van der Waals surface area contributed by atoms with Gasteiger partial charge in [-0.25, -0.2) is 0 Å². The number of amides is 2. The molecule has 0 saturated carbocycles. The van der Waals surface area contributed by atoms with Crippen LogP contribution in [0.3, 0.4) is 0 Å². The number of carbonyl (C=O) groups is 2. The van der Waals surface area contributed by atoms with Crippen molar-refractivity contribution >= 4 is 11.8 Å². The molecule has 2 aliphatic rings. The van der Waals surface area contributed by atoms with Crippen molar-refractivity contribution in [2.45, 2.75) is 32.3 Å². The summed E-state index contributed by atoms with van der Waals surface area (Å²) in [6.07, 6.45) is 2.58. The Labute approximate surface area is 138 Å². The molecule has 0 aromatic carbocycles. The van der Waals surface area contributed by atoms with Crippen LogP contribution in [-0.4, -0.2) is 86.8 Å². The second kappa shape index (κ2) is 9.85. The van der Waals surface area contributed by atoms with E-state index in [0.29, 0.717) is 26.1 Å². The molecule has 7 nitrogen and oxygen atoms in total. The van der Waals surface area contributed by atoms with Crippen LogP contribution in [0.15, 0.2) is 0 Å². The summed E-state index contributed by atoms with van der Waals surface area (Å²) in [6.45, 7) is 8.22. The van der Waals surface area contributed by atoms with E-state index in [1.807, 2.05) is 0 Å². The molecule has 7 heteroatoms. The SMILES string of the molecule is CC(=O)N(CCC(=O)NCC1CCCO1)CCN1CCOCC1. The fraction of sp³-hybridized carbons (Fsp3) is 0.875. The Balaban J connectivity index is 1.62. The highest BCUT2D eigenvalue weighted by atomic mass is 16.5. The molecule has 132 valence electrons. The lowest BCUT2D eigenvalue weighted by Crippen LogP contribution is -2.43. The van der Waals surface area contributed by atoms with Crippen molar-refractivity contribution in [3.63, 3.8) is 0 Å². The molecule has 0 aromatic rings.